The molecule has 1 saturated heterocycles. The summed E-state index contributed by atoms with van der Waals surface area (Å²) in [6.07, 6.45) is 2.60. The van der Waals surface area contributed by atoms with Crippen molar-refractivity contribution in [1.29, 1.82) is 0 Å². The van der Waals surface area contributed by atoms with Gasteiger partial charge in [0.15, 0.2) is 0 Å². The van der Waals surface area contributed by atoms with E-state index in [9.17, 15) is 14.9 Å². The van der Waals surface area contributed by atoms with Crippen LogP contribution in [0.2, 0.25) is 0 Å². The van der Waals surface area contributed by atoms with Crippen LogP contribution in [-0.2, 0) is 37.2 Å². The molecule has 2 heterocycles. The highest BCUT2D eigenvalue weighted by Gasteiger charge is 2.37. The largest absolute Gasteiger partial charge is 0.497 e. The van der Waals surface area contributed by atoms with E-state index in [1.807, 2.05) is 48.2 Å². The Bertz CT molecular complexity index is 2090. The van der Waals surface area contributed by atoms with Crippen LogP contribution in [0.5, 0.6) is 34.8 Å². The minimum absolute atomic E-state index is 0.0446. The summed E-state index contributed by atoms with van der Waals surface area (Å²) in [5.41, 5.74) is 8.66. The molecule has 1 amide bonds. The fourth-order valence-electron chi connectivity index (χ4n) is 7.93. The predicted molar refractivity (Wildman–Crippen MR) is 236 cm³/mol. The van der Waals surface area contributed by atoms with Gasteiger partial charge in [-0.25, -0.2) is 4.79 Å². The number of ether oxygens (including phenoxy) is 7. The normalized spacial score (nSPS) is 15.4. The van der Waals surface area contributed by atoms with Crippen LogP contribution in [0, 0.1) is 15.5 Å². The van der Waals surface area contributed by atoms with Gasteiger partial charge in [-0.1, -0.05) is 46.2 Å². The Morgan fingerprint density at radius 2 is 1.45 bits per heavy atom. The van der Waals surface area contributed by atoms with Gasteiger partial charge in [0, 0.05) is 68.3 Å². The van der Waals surface area contributed by atoms with Gasteiger partial charge >= 0.3 is 17.8 Å². The van der Waals surface area contributed by atoms with E-state index in [1.54, 1.807) is 47.7 Å². The molecule has 2 atom stereocenters. The van der Waals surface area contributed by atoms with Crippen LogP contribution >= 0.6 is 0 Å². The molecule has 2 N–H and O–H groups in total. The van der Waals surface area contributed by atoms with E-state index in [-0.39, 0.29) is 60.3 Å². The van der Waals surface area contributed by atoms with Gasteiger partial charge in [0.2, 0.25) is 5.82 Å². The van der Waals surface area contributed by atoms with Crippen LogP contribution in [-0.4, -0.2) is 86.7 Å². The Balaban J connectivity index is 1.53. The molecule has 1 fully saturated rings. The number of amides is 1. The molecule has 0 saturated carbocycles. The third-order valence-corrected chi connectivity index (χ3v) is 11.2. The van der Waals surface area contributed by atoms with E-state index in [2.05, 4.69) is 36.7 Å². The number of methoxy groups -OCH3 is 5. The molecule has 0 radical (unpaired) electrons. The monoisotopic (exact) mass is 858 g/mol. The SMILES string of the molecule is CCCCOc1nc(CCc2ccc(CN3CCC(OC(N)=O)CC3C(C)(C)C)cc2OC)c([N+](=O)[O-])c(N(Cc2ccc(OC)cc2OC)Cc2ccc(OC)cc2OC)n1. The zero-order chi connectivity index (χ0) is 45.0. The molecule has 336 valence electrons. The molecular weight excluding hydrogens is 797 g/mol. The molecule has 3 aromatic carbocycles. The van der Waals surface area contributed by atoms with Gasteiger partial charge in [-0.05, 0) is 66.1 Å². The maximum Gasteiger partial charge on any atom is 0.404 e. The summed E-state index contributed by atoms with van der Waals surface area (Å²) in [5.74, 6) is 3.04. The lowest BCUT2D eigenvalue weighted by molar-refractivity contribution is -0.385. The maximum absolute atomic E-state index is 13.3. The molecule has 62 heavy (non-hydrogen) atoms. The van der Waals surface area contributed by atoms with E-state index in [0.29, 0.717) is 61.2 Å². The van der Waals surface area contributed by atoms with Crippen LogP contribution in [0.3, 0.4) is 0 Å². The first kappa shape index (κ1) is 47.0. The molecule has 0 spiro atoms. The van der Waals surface area contributed by atoms with Crippen LogP contribution < -0.4 is 39.1 Å². The highest BCUT2D eigenvalue weighted by Crippen LogP contribution is 2.39. The van der Waals surface area contributed by atoms with Gasteiger partial charge in [0.05, 0.1) is 47.1 Å². The lowest BCUT2D eigenvalue weighted by Gasteiger charge is -2.45. The van der Waals surface area contributed by atoms with Crippen LogP contribution in [0.4, 0.5) is 16.3 Å². The summed E-state index contributed by atoms with van der Waals surface area (Å²) < 4.78 is 39.9. The van der Waals surface area contributed by atoms with Gasteiger partial charge in [0.25, 0.3) is 0 Å². The van der Waals surface area contributed by atoms with Crippen molar-refractivity contribution in [3.05, 3.63) is 92.7 Å². The summed E-state index contributed by atoms with van der Waals surface area (Å²) in [7, 11) is 7.90. The standard InChI is InChI=1S/C46H62N6O10/c1-10-11-22-61-45-48-37(19-16-31-13-12-30(23-38(31)58-7)27-50-21-20-36(62-44(47)53)26-41(50)46(2,3)4)42(52(54)55)43(49-45)51(28-32-14-17-34(56-5)24-39(32)59-8)29-33-15-18-35(57-6)25-40(33)60-9/h12-15,17-18,23-25,36,41H,10-11,16,19-22,26-29H2,1-9H3,(H2,47,53). The zero-order valence-electron chi connectivity index (χ0n) is 37.5. The van der Waals surface area contributed by atoms with Crippen molar-refractivity contribution in [3.8, 4) is 34.8 Å². The number of rotatable bonds is 21. The van der Waals surface area contributed by atoms with Crippen molar-refractivity contribution in [3.63, 3.8) is 0 Å². The molecular formula is C46H62N6O10. The number of hydrogen-bond donors (Lipinski definition) is 1. The number of nitrogens with zero attached hydrogens (tertiary/aromatic N) is 5. The van der Waals surface area contributed by atoms with Crippen LogP contribution in [0.1, 0.15) is 81.3 Å². The number of unbranched alkanes of at least 4 members (excludes halogenated alkanes) is 1. The lowest BCUT2D eigenvalue weighted by Crippen LogP contribution is -2.51. The quantitative estimate of drug-likeness (QED) is 0.0482. The highest BCUT2D eigenvalue weighted by molar-refractivity contribution is 5.65. The molecule has 1 aliphatic rings. The molecule has 0 aliphatic carbocycles. The number of piperidine rings is 1. The average Bonchev–Trinajstić information content (AvgIpc) is 3.25. The Labute approximate surface area is 364 Å². The second kappa shape index (κ2) is 21.7. The van der Waals surface area contributed by atoms with E-state index in [1.165, 1.54) is 0 Å². The van der Waals surface area contributed by atoms with Crippen molar-refractivity contribution in [2.75, 3.05) is 53.6 Å². The first-order chi connectivity index (χ1) is 29.7. The summed E-state index contributed by atoms with van der Waals surface area (Å²) in [6, 6.07) is 17.2. The number of aryl methyl sites for hydroxylation is 2. The van der Waals surface area contributed by atoms with Crippen molar-refractivity contribution in [1.82, 2.24) is 14.9 Å². The molecule has 16 nitrogen and oxygen atoms in total. The van der Waals surface area contributed by atoms with Crippen LogP contribution in [0.15, 0.2) is 54.6 Å². The van der Waals surface area contributed by atoms with Crippen molar-refractivity contribution >= 4 is 17.6 Å². The van der Waals surface area contributed by atoms with Gasteiger partial charge in [-0.3, -0.25) is 15.0 Å². The van der Waals surface area contributed by atoms with Gasteiger partial charge in [-0.2, -0.15) is 9.97 Å². The molecule has 5 rings (SSSR count). The van der Waals surface area contributed by atoms with E-state index < -0.39 is 11.0 Å². The van der Waals surface area contributed by atoms with Crippen molar-refractivity contribution < 1.29 is 42.9 Å². The summed E-state index contributed by atoms with van der Waals surface area (Å²) >= 11 is 0. The topological polar surface area (TPSA) is 183 Å². The zero-order valence-corrected chi connectivity index (χ0v) is 37.5. The number of nitrogens with two attached hydrogens (primary N) is 1. The van der Waals surface area contributed by atoms with Crippen molar-refractivity contribution in [2.45, 2.75) is 98.0 Å². The number of likely N-dealkylation sites (tertiary alicyclic amines) is 1. The number of carbonyl (C=O) groups excluding carboxylic acids is 1. The highest BCUT2D eigenvalue weighted by atomic mass is 16.6. The molecule has 2 unspecified atom stereocenters. The minimum Gasteiger partial charge on any atom is -0.497 e. The predicted octanol–water partition coefficient (Wildman–Crippen LogP) is 8.07. The van der Waals surface area contributed by atoms with E-state index in [4.69, 9.17) is 43.9 Å². The number of benzene rings is 3. The molecule has 16 heteroatoms. The fourth-order valence-corrected chi connectivity index (χ4v) is 7.93. The van der Waals surface area contributed by atoms with Crippen molar-refractivity contribution in [2.24, 2.45) is 11.1 Å². The summed E-state index contributed by atoms with van der Waals surface area (Å²) in [5, 5.41) is 13.3. The Kier molecular flexibility index (Phi) is 16.4. The van der Waals surface area contributed by atoms with Gasteiger partial charge in [0.1, 0.15) is 40.5 Å². The Morgan fingerprint density at radius 3 is 1.98 bits per heavy atom. The number of hydrogen-bond acceptors (Lipinski definition) is 14. The van der Waals surface area contributed by atoms with Crippen LogP contribution in [0.25, 0.3) is 0 Å². The first-order valence-electron chi connectivity index (χ1n) is 20.9. The number of anilines is 1. The van der Waals surface area contributed by atoms with Gasteiger partial charge < -0.3 is 43.8 Å². The van der Waals surface area contributed by atoms with E-state index >= 15 is 0 Å². The molecule has 1 aromatic heterocycles. The maximum atomic E-state index is 13.3. The smallest absolute Gasteiger partial charge is 0.404 e. The Hall–Kier alpha value is -6.03. The number of aromatic nitrogens is 2. The van der Waals surface area contributed by atoms with E-state index in [0.717, 1.165) is 41.6 Å². The second-order valence-corrected chi connectivity index (χ2v) is 16.4. The Morgan fingerprint density at radius 1 is 0.855 bits per heavy atom. The van der Waals surface area contributed by atoms with Gasteiger partial charge in [-0.15, -0.1) is 0 Å². The molecule has 4 aromatic rings. The number of carbonyl (C=O) groups is 1. The summed E-state index contributed by atoms with van der Waals surface area (Å²) in [4.78, 5) is 38.1. The first-order valence-corrected chi connectivity index (χ1v) is 20.9. The number of nitro groups is 1. The minimum atomic E-state index is -0.749. The summed E-state index contributed by atoms with van der Waals surface area (Å²) in [6.45, 7) is 10.7. The lowest BCUT2D eigenvalue weighted by atomic mass is 9.79. The second-order valence-electron chi connectivity index (χ2n) is 16.4. The number of primary amides is 1. The fraction of sp³-hybridized carbons (Fsp3) is 0.500. The third-order valence-electron chi connectivity index (χ3n) is 11.2. The third kappa shape index (κ3) is 12.1. The molecule has 1 aliphatic heterocycles. The average molecular weight is 859 g/mol. The molecule has 0 bridgehead atoms.